The van der Waals surface area contributed by atoms with E-state index in [1.807, 2.05) is 6.07 Å². The molecule has 0 unspecified atom stereocenters. The molecule has 25 heavy (non-hydrogen) atoms. The number of hydrogen-bond donors (Lipinski definition) is 1. The van der Waals surface area contributed by atoms with Gasteiger partial charge in [-0.15, -0.1) is 0 Å². The van der Waals surface area contributed by atoms with Crippen LogP contribution in [0.25, 0.3) is 0 Å². The van der Waals surface area contributed by atoms with Gasteiger partial charge in [-0.2, -0.15) is 0 Å². The molecular formula is C22H31NO2. The minimum Gasteiger partial charge on any atom is -0.493 e. The van der Waals surface area contributed by atoms with E-state index in [2.05, 4.69) is 55.6 Å². The Morgan fingerprint density at radius 1 is 1.00 bits per heavy atom. The molecule has 1 N–H and O–H groups in total. The highest BCUT2D eigenvalue weighted by Gasteiger charge is 2.06. The molecule has 0 amide bonds. The van der Waals surface area contributed by atoms with Crippen molar-refractivity contribution in [2.75, 3.05) is 20.3 Å². The van der Waals surface area contributed by atoms with Crippen LogP contribution in [0.3, 0.4) is 0 Å². The monoisotopic (exact) mass is 341 g/mol. The van der Waals surface area contributed by atoms with E-state index in [4.69, 9.17) is 9.47 Å². The van der Waals surface area contributed by atoms with Gasteiger partial charge in [-0.25, -0.2) is 0 Å². The van der Waals surface area contributed by atoms with Gasteiger partial charge in [0.15, 0.2) is 11.5 Å². The Morgan fingerprint density at radius 2 is 1.84 bits per heavy atom. The van der Waals surface area contributed by atoms with Gasteiger partial charge in [-0.05, 0) is 55.1 Å². The SMILES string of the molecule is CCCCCOc1ccc(CNCCc2ccccc2C)cc1OC. The summed E-state index contributed by atoms with van der Waals surface area (Å²) in [5.74, 6) is 1.65. The molecular weight excluding hydrogens is 310 g/mol. The van der Waals surface area contributed by atoms with Crippen molar-refractivity contribution < 1.29 is 9.47 Å². The molecule has 0 saturated heterocycles. The zero-order chi connectivity index (χ0) is 17.9. The summed E-state index contributed by atoms with van der Waals surface area (Å²) < 4.78 is 11.3. The highest BCUT2D eigenvalue weighted by atomic mass is 16.5. The molecule has 0 radical (unpaired) electrons. The standard InChI is InChI=1S/C22H31NO2/c1-4-5-8-15-25-21-12-11-19(16-22(21)24-3)17-23-14-13-20-10-7-6-9-18(20)2/h6-7,9-12,16,23H,4-5,8,13-15,17H2,1-3H3. The van der Waals surface area contributed by atoms with Crippen molar-refractivity contribution in [1.29, 1.82) is 0 Å². The number of rotatable bonds is 11. The highest BCUT2D eigenvalue weighted by Crippen LogP contribution is 2.28. The van der Waals surface area contributed by atoms with Crippen molar-refractivity contribution in [3.05, 3.63) is 59.2 Å². The van der Waals surface area contributed by atoms with Gasteiger partial charge in [0, 0.05) is 6.54 Å². The molecule has 0 fully saturated rings. The van der Waals surface area contributed by atoms with E-state index in [-0.39, 0.29) is 0 Å². The van der Waals surface area contributed by atoms with Gasteiger partial charge in [-0.3, -0.25) is 0 Å². The predicted molar refractivity (Wildman–Crippen MR) is 105 cm³/mol. The first-order valence-corrected chi connectivity index (χ1v) is 9.29. The second-order valence-electron chi connectivity index (χ2n) is 6.39. The second-order valence-corrected chi connectivity index (χ2v) is 6.39. The number of unbranched alkanes of at least 4 members (excludes halogenated alkanes) is 2. The number of nitrogens with one attached hydrogen (secondary N) is 1. The Balaban J connectivity index is 1.80. The smallest absolute Gasteiger partial charge is 0.161 e. The summed E-state index contributed by atoms with van der Waals surface area (Å²) in [4.78, 5) is 0. The quantitative estimate of drug-likeness (QED) is 0.589. The topological polar surface area (TPSA) is 30.5 Å². The Hall–Kier alpha value is -2.00. The summed E-state index contributed by atoms with van der Waals surface area (Å²) in [5.41, 5.74) is 3.97. The van der Waals surface area contributed by atoms with Crippen molar-refractivity contribution in [2.24, 2.45) is 0 Å². The number of hydrogen-bond acceptors (Lipinski definition) is 3. The maximum Gasteiger partial charge on any atom is 0.161 e. The van der Waals surface area contributed by atoms with Crippen molar-refractivity contribution in [3.8, 4) is 11.5 Å². The van der Waals surface area contributed by atoms with Crippen LogP contribution in [-0.2, 0) is 13.0 Å². The van der Waals surface area contributed by atoms with Crippen molar-refractivity contribution in [2.45, 2.75) is 46.1 Å². The summed E-state index contributed by atoms with van der Waals surface area (Å²) >= 11 is 0. The van der Waals surface area contributed by atoms with Crippen molar-refractivity contribution in [3.63, 3.8) is 0 Å². The zero-order valence-electron chi connectivity index (χ0n) is 15.8. The lowest BCUT2D eigenvalue weighted by molar-refractivity contribution is 0.286. The largest absolute Gasteiger partial charge is 0.493 e. The lowest BCUT2D eigenvalue weighted by atomic mass is 10.1. The van der Waals surface area contributed by atoms with E-state index in [1.54, 1.807) is 7.11 Å². The van der Waals surface area contributed by atoms with Crippen LogP contribution >= 0.6 is 0 Å². The molecule has 0 aromatic heterocycles. The van der Waals surface area contributed by atoms with Crippen molar-refractivity contribution in [1.82, 2.24) is 5.32 Å². The summed E-state index contributed by atoms with van der Waals surface area (Å²) in [6, 6.07) is 14.7. The lowest BCUT2D eigenvalue weighted by Gasteiger charge is -2.13. The maximum absolute atomic E-state index is 5.84. The van der Waals surface area contributed by atoms with Crippen LogP contribution in [0.5, 0.6) is 11.5 Å². The number of ether oxygens (including phenoxy) is 2. The van der Waals surface area contributed by atoms with Crippen LogP contribution in [0.15, 0.2) is 42.5 Å². The molecule has 2 aromatic carbocycles. The third-order valence-electron chi connectivity index (χ3n) is 4.39. The molecule has 2 rings (SSSR count). The van der Waals surface area contributed by atoms with E-state index < -0.39 is 0 Å². The van der Waals surface area contributed by atoms with Crippen molar-refractivity contribution >= 4 is 0 Å². The summed E-state index contributed by atoms with van der Waals surface area (Å²) in [7, 11) is 1.70. The van der Waals surface area contributed by atoms with E-state index in [0.717, 1.165) is 44.0 Å². The molecule has 3 heteroatoms. The van der Waals surface area contributed by atoms with Crippen LogP contribution in [0.2, 0.25) is 0 Å². The van der Waals surface area contributed by atoms with Gasteiger partial charge < -0.3 is 14.8 Å². The van der Waals surface area contributed by atoms with E-state index in [9.17, 15) is 0 Å². The third kappa shape index (κ3) is 6.43. The fourth-order valence-electron chi connectivity index (χ4n) is 2.82. The molecule has 0 aliphatic carbocycles. The van der Waals surface area contributed by atoms with Gasteiger partial charge >= 0.3 is 0 Å². The van der Waals surface area contributed by atoms with Gasteiger partial charge in [0.1, 0.15) is 0 Å². The van der Waals surface area contributed by atoms with Crippen LogP contribution in [0.4, 0.5) is 0 Å². The average Bonchev–Trinajstić information content (AvgIpc) is 2.64. The Morgan fingerprint density at radius 3 is 2.60 bits per heavy atom. The molecule has 0 spiro atoms. The first-order valence-electron chi connectivity index (χ1n) is 9.29. The highest BCUT2D eigenvalue weighted by molar-refractivity contribution is 5.43. The normalized spacial score (nSPS) is 10.7. The minimum atomic E-state index is 0.748. The molecule has 136 valence electrons. The Kier molecular flexibility index (Phi) is 8.33. The fraction of sp³-hybridized carbons (Fsp3) is 0.455. The predicted octanol–water partition coefficient (Wildman–Crippen LogP) is 4.90. The molecule has 0 atom stereocenters. The molecule has 0 aliphatic heterocycles. The molecule has 0 bridgehead atoms. The number of aryl methyl sites for hydroxylation is 1. The number of benzene rings is 2. The zero-order valence-corrected chi connectivity index (χ0v) is 15.8. The second kappa shape index (κ2) is 10.8. The van der Waals surface area contributed by atoms with Crippen LogP contribution in [0, 0.1) is 6.92 Å². The number of methoxy groups -OCH3 is 1. The summed E-state index contributed by atoms with van der Waals surface area (Å²) in [6.45, 7) is 6.90. The minimum absolute atomic E-state index is 0.748. The van der Waals surface area contributed by atoms with E-state index >= 15 is 0 Å². The average molecular weight is 341 g/mol. The molecule has 3 nitrogen and oxygen atoms in total. The molecule has 0 saturated carbocycles. The van der Waals surface area contributed by atoms with Gasteiger partial charge in [0.05, 0.1) is 13.7 Å². The Bertz CT molecular complexity index is 640. The van der Waals surface area contributed by atoms with E-state index in [1.165, 1.54) is 29.5 Å². The molecule has 0 aliphatic rings. The summed E-state index contributed by atoms with van der Waals surface area (Å²) in [6.07, 6.45) is 4.53. The van der Waals surface area contributed by atoms with E-state index in [0.29, 0.717) is 0 Å². The third-order valence-corrected chi connectivity index (χ3v) is 4.39. The van der Waals surface area contributed by atoms with Crippen LogP contribution in [0.1, 0.15) is 42.9 Å². The van der Waals surface area contributed by atoms with Gasteiger partial charge in [0.2, 0.25) is 0 Å². The molecule has 2 aromatic rings. The first kappa shape index (κ1) is 19.3. The van der Waals surface area contributed by atoms with Crippen LogP contribution in [-0.4, -0.2) is 20.3 Å². The maximum atomic E-state index is 5.84. The van der Waals surface area contributed by atoms with Gasteiger partial charge in [0.25, 0.3) is 0 Å². The molecule has 0 heterocycles. The summed E-state index contributed by atoms with van der Waals surface area (Å²) in [5, 5.41) is 3.51. The van der Waals surface area contributed by atoms with Crippen LogP contribution < -0.4 is 14.8 Å². The van der Waals surface area contributed by atoms with Gasteiger partial charge in [-0.1, -0.05) is 50.1 Å². The Labute approximate surface area is 152 Å². The fourth-order valence-corrected chi connectivity index (χ4v) is 2.82. The first-order chi connectivity index (χ1) is 12.2. The lowest BCUT2D eigenvalue weighted by Crippen LogP contribution is -2.17.